The Morgan fingerprint density at radius 3 is 3.17 bits per heavy atom. The SMILES string of the molecule is CCOC(=O)[C@H](O)[C@@H]1C=CCO1. The molecular weight excluding hydrogens is 160 g/mol. The van der Waals surface area contributed by atoms with E-state index in [2.05, 4.69) is 4.74 Å². The standard InChI is InChI=1S/C8H12O4/c1-2-11-8(10)7(9)6-4-3-5-12-6/h3-4,6-7,9H,2,5H2,1H3/t6-,7+/m0/s1. The third-order valence-corrected chi connectivity index (χ3v) is 1.55. The highest BCUT2D eigenvalue weighted by atomic mass is 16.6. The third kappa shape index (κ3) is 2.06. The van der Waals surface area contributed by atoms with Gasteiger partial charge >= 0.3 is 5.97 Å². The van der Waals surface area contributed by atoms with Crippen molar-refractivity contribution in [3.63, 3.8) is 0 Å². The molecule has 1 aliphatic heterocycles. The molecule has 0 amide bonds. The Morgan fingerprint density at radius 2 is 2.67 bits per heavy atom. The topological polar surface area (TPSA) is 55.8 Å². The van der Waals surface area contributed by atoms with Gasteiger partial charge in [-0.3, -0.25) is 0 Å². The summed E-state index contributed by atoms with van der Waals surface area (Å²) in [5, 5.41) is 9.30. The predicted octanol–water partition coefficient (Wildman–Crippen LogP) is -0.135. The zero-order valence-electron chi connectivity index (χ0n) is 6.90. The van der Waals surface area contributed by atoms with Gasteiger partial charge in [-0.25, -0.2) is 4.79 Å². The summed E-state index contributed by atoms with van der Waals surface area (Å²) in [4.78, 5) is 10.9. The smallest absolute Gasteiger partial charge is 0.338 e. The number of ether oxygens (including phenoxy) is 2. The van der Waals surface area contributed by atoms with Gasteiger partial charge in [0, 0.05) is 0 Å². The number of hydrogen-bond donors (Lipinski definition) is 1. The second-order valence-corrected chi connectivity index (χ2v) is 2.42. The molecule has 0 spiro atoms. The average molecular weight is 172 g/mol. The molecule has 2 atom stereocenters. The summed E-state index contributed by atoms with van der Waals surface area (Å²) in [5.41, 5.74) is 0. The molecular formula is C8H12O4. The number of rotatable bonds is 3. The minimum absolute atomic E-state index is 0.270. The zero-order chi connectivity index (χ0) is 8.97. The average Bonchev–Trinajstić information content (AvgIpc) is 2.55. The molecule has 1 aliphatic rings. The maximum atomic E-state index is 10.9. The fourth-order valence-electron chi connectivity index (χ4n) is 0.970. The van der Waals surface area contributed by atoms with Gasteiger partial charge in [-0.1, -0.05) is 12.2 Å². The molecule has 0 aromatic rings. The van der Waals surface area contributed by atoms with Crippen LogP contribution in [0, 0.1) is 0 Å². The van der Waals surface area contributed by atoms with Crippen LogP contribution in [0.25, 0.3) is 0 Å². The number of aliphatic hydroxyl groups excluding tert-OH is 1. The van der Waals surface area contributed by atoms with E-state index in [1.807, 2.05) is 0 Å². The molecule has 0 fully saturated rings. The van der Waals surface area contributed by atoms with Crippen molar-refractivity contribution in [1.29, 1.82) is 0 Å². The van der Waals surface area contributed by atoms with Crippen LogP contribution in [0.3, 0.4) is 0 Å². The maximum absolute atomic E-state index is 10.9. The van der Waals surface area contributed by atoms with Gasteiger partial charge in [0.1, 0.15) is 6.10 Å². The lowest BCUT2D eigenvalue weighted by atomic mass is 10.2. The van der Waals surface area contributed by atoms with Crippen molar-refractivity contribution in [2.45, 2.75) is 19.1 Å². The molecule has 1 N–H and O–H groups in total. The quantitative estimate of drug-likeness (QED) is 0.475. The fraction of sp³-hybridized carbons (Fsp3) is 0.625. The van der Waals surface area contributed by atoms with Crippen LogP contribution in [0.4, 0.5) is 0 Å². The Hall–Kier alpha value is -0.870. The lowest BCUT2D eigenvalue weighted by Gasteiger charge is -2.14. The normalized spacial score (nSPS) is 24.0. The molecule has 0 saturated heterocycles. The molecule has 4 heteroatoms. The lowest BCUT2D eigenvalue weighted by molar-refractivity contribution is -0.158. The Kier molecular flexibility index (Phi) is 3.25. The highest BCUT2D eigenvalue weighted by molar-refractivity contribution is 5.75. The van der Waals surface area contributed by atoms with Crippen molar-refractivity contribution in [1.82, 2.24) is 0 Å². The Labute approximate surface area is 70.8 Å². The van der Waals surface area contributed by atoms with Crippen LogP contribution in [-0.4, -0.2) is 36.5 Å². The summed E-state index contributed by atoms with van der Waals surface area (Å²) in [6, 6.07) is 0. The van der Waals surface area contributed by atoms with Crippen molar-refractivity contribution >= 4 is 5.97 Å². The van der Waals surface area contributed by atoms with Crippen LogP contribution in [-0.2, 0) is 14.3 Å². The molecule has 12 heavy (non-hydrogen) atoms. The molecule has 0 radical (unpaired) electrons. The number of esters is 1. The number of hydrogen-bond acceptors (Lipinski definition) is 4. The summed E-state index contributed by atoms with van der Waals surface area (Å²) in [6.07, 6.45) is 1.68. The van der Waals surface area contributed by atoms with Crippen LogP contribution < -0.4 is 0 Å². The van der Waals surface area contributed by atoms with Gasteiger partial charge in [-0.2, -0.15) is 0 Å². The van der Waals surface area contributed by atoms with E-state index >= 15 is 0 Å². The first-order chi connectivity index (χ1) is 5.75. The van der Waals surface area contributed by atoms with Crippen molar-refractivity contribution in [3.8, 4) is 0 Å². The first-order valence-corrected chi connectivity index (χ1v) is 3.88. The molecule has 68 valence electrons. The maximum Gasteiger partial charge on any atom is 0.338 e. The molecule has 0 unspecified atom stereocenters. The Balaban J connectivity index is 2.40. The van der Waals surface area contributed by atoms with Crippen molar-refractivity contribution in [2.75, 3.05) is 13.2 Å². The Morgan fingerprint density at radius 1 is 1.92 bits per heavy atom. The van der Waals surface area contributed by atoms with E-state index in [1.54, 1.807) is 19.1 Å². The van der Waals surface area contributed by atoms with E-state index in [1.165, 1.54) is 0 Å². The molecule has 4 nitrogen and oxygen atoms in total. The van der Waals surface area contributed by atoms with E-state index in [9.17, 15) is 9.90 Å². The highest BCUT2D eigenvalue weighted by Gasteiger charge is 2.27. The summed E-state index contributed by atoms with van der Waals surface area (Å²) in [7, 11) is 0. The zero-order valence-corrected chi connectivity index (χ0v) is 6.90. The minimum Gasteiger partial charge on any atom is -0.464 e. The molecule has 0 aromatic carbocycles. The molecule has 0 aromatic heterocycles. The summed E-state index contributed by atoms with van der Waals surface area (Å²) >= 11 is 0. The van der Waals surface area contributed by atoms with Crippen molar-refractivity contribution < 1.29 is 19.4 Å². The predicted molar refractivity (Wildman–Crippen MR) is 41.5 cm³/mol. The van der Waals surface area contributed by atoms with Crippen molar-refractivity contribution in [2.24, 2.45) is 0 Å². The first-order valence-electron chi connectivity index (χ1n) is 3.88. The lowest BCUT2D eigenvalue weighted by Crippen LogP contribution is -2.34. The monoisotopic (exact) mass is 172 g/mol. The molecule has 0 bridgehead atoms. The van der Waals surface area contributed by atoms with Crippen LogP contribution in [0.5, 0.6) is 0 Å². The Bertz CT molecular complexity index is 187. The van der Waals surface area contributed by atoms with E-state index in [4.69, 9.17) is 4.74 Å². The van der Waals surface area contributed by atoms with Gasteiger partial charge in [0.15, 0.2) is 6.10 Å². The van der Waals surface area contributed by atoms with Crippen LogP contribution >= 0.6 is 0 Å². The van der Waals surface area contributed by atoms with Gasteiger partial charge in [0.25, 0.3) is 0 Å². The van der Waals surface area contributed by atoms with E-state index in [-0.39, 0.29) is 6.61 Å². The molecule has 0 saturated carbocycles. The number of aliphatic hydroxyl groups is 1. The highest BCUT2D eigenvalue weighted by Crippen LogP contribution is 2.09. The van der Waals surface area contributed by atoms with Gasteiger partial charge in [0.05, 0.1) is 13.2 Å². The summed E-state index contributed by atoms with van der Waals surface area (Å²) in [6.45, 7) is 2.41. The summed E-state index contributed by atoms with van der Waals surface area (Å²) < 4.78 is 9.63. The van der Waals surface area contributed by atoms with Gasteiger partial charge in [-0.05, 0) is 6.92 Å². The second kappa shape index (κ2) is 4.23. The van der Waals surface area contributed by atoms with Crippen LogP contribution in [0.15, 0.2) is 12.2 Å². The second-order valence-electron chi connectivity index (χ2n) is 2.42. The summed E-state index contributed by atoms with van der Waals surface area (Å²) in [5.74, 6) is -0.631. The van der Waals surface area contributed by atoms with Gasteiger partial charge in [0.2, 0.25) is 0 Å². The minimum atomic E-state index is -1.19. The van der Waals surface area contributed by atoms with E-state index in [0.29, 0.717) is 6.61 Å². The molecule has 1 rings (SSSR count). The van der Waals surface area contributed by atoms with Gasteiger partial charge in [-0.15, -0.1) is 0 Å². The molecule has 1 heterocycles. The van der Waals surface area contributed by atoms with Crippen LogP contribution in [0.1, 0.15) is 6.92 Å². The molecule has 0 aliphatic carbocycles. The van der Waals surface area contributed by atoms with Gasteiger partial charge < -0.3 is 14.6 Å². The number of carbonyl (C=O) groups excluding carboxylic acids is 1. The largest absolute Gasteiger partial charge is 0.464 e. The van der Waals surface area contributed by atoms with E-state index in [0.717, 1.165) is 0 Å². The van der Waals surface area contributed by atoms with E-state index < -0.39 is 18.2 Å². The first kappa shape index (κ1) is 9.22. The van der Waals surface area contributed by atoms with Crippen molar-refractivity contribution in [3.05, 3.63) is 12.2 Å². The van der Waals surface area contributed by atoms with Crippen LogP contribution in [0.2, 0.25) is 0 Å². The fourth-order valence-corrected chi connectivity index (χ4v) is 0.970. The number of carbonyl (C=O) groups is 1. The third-order valence-electron chi connectivity index (χ3n) is 1.55.